The maximum Gasteiger partial charge on any atom is 0.291 e. The van der Waals surface area contributed by atoms with Crippen molar-refractivity contribution < 1.29 is 9.21 Å². The van der Waals surface area contributed by atoms with Gasteiger partial charge in [0, 0.05) is 12.1 Å². The Hall–Kier alpha value is -1.92. The molecule has 4 nitrogen and oxygen atoms in total. The zero-order chi connectivity index (χ0) is 14.8. The highest BCUT2D eigenvalue weighted by Gasteiger charge is 2.30. The van der Waals surface area contributed by atoms with Crippen LogP contribution >= 0.6 is 24.0 Å². The Labute approximate surface area is 131 Å². The van der Waals surface area contributed by atoms with Crippen LogP contribution in [0.4, 0.5) is 4.79 Å². The van der Waals surface area contributed by atoms with Crippen molar-refractivity contribution in [2.24, 2.45) is 0 Å². The number of benzene rings is 1. The van der Waals surface area contributed by atoms with Gasteiger partial charge in [0.05, 0.1) is 11.1 Å². The minimum absolute atomic E-state index is 0.0449. The van der Waals surface area contributed by atoms with E-state index in [9.17, 15) is 4.79 Å². The van der Waals surface area contributed by atoms with E-state index in [0.717, 1.165) is 22.2 Å². The topological polar surface area (TPSA) is 46.3 Å². The number of nitrogens with zero attached hydrogens (tertiary/aromatic N) is 2. The number of thiocarbonyl (C=S) groups is 1. The van der Waals surface area contributed by atoms with Gasteiger partial charge in [0.25, 0.3) is 5.24 Å². The molecule has 106 valence electrons. The van der Waals surface area contributed by atoms with E-state index in [4.69, 9.17) is 16.6 Å². The van der Waals surface area contributed by atoms with E-state index in [1.807, 2.05) is 37.3 Å². The molecule has 0 radical (unpaired) electrons. The van der Waals surface area contributed by atoms with Crippen LogP contribution in [0.2, 0.25) is 0 Å². The smallest absolute Gasteiger partial charge is 0.291 e. The van der Waals surface area contributed by atoms with E-state index < -0.39 is 0 Å². The fraction of sp³-hybridized carbons (Fsp3) is 0.133. The molecule has 1 aromatic carbocycles. The fourth-order valence-electron chi connectivity index (χ4n) is 1.97. The standard InChI is InChI=1S/C15H12N2O2S2/c1-2-17-14(20)12(21-15(17)18)8-11-9-16-13(19-11)10-6-4-3-5-7-10/h3-9H,2H2,1H3/b12-8-. The highest BCUT2D eigenvalue weighted by Crippen LogP contribution is 2.33. The predicted molar refractivity (Wildman–Crippen MR) is 87.9 cm³/mol. The van der Waals surface area contributed by atoms with Crippen molar-refractivity contribution in [1.82, 2.24) is 9.88 Å². The molecule has 0 atom stereocenters. The quantitative estimate of drug-likeness (QED) is 0.627. The molecule has 3 rings (SSSR count). The molecule has 1 fully saturated rings. The number of amides is 1. The lowest BCUT2D eigenvalue weighted by Gasteiger charge is -2.09. The fourth-order valence-corrected chi connectivity index (χ4v) is 3.31. The summed E-state index contributed by atoms with van der Waals surface area (Å²) in [5.74, 6) is 1.14. The Morgan fingerprint density at radius 2 is 2.14 bits per heavy atom. The summed E-state index contributed by atoms with van der Waals surface area (Å²) < 4.78 is 5.69. The van der Waals surface area contributed by atoms with Crippen molar-refractivity contribution in [2.45, 2.75) is 6.92 Å². The summed E-state index contributed by atoms with van der Waals surface area (Å²) in [5, 5.41) is -0.0449. The summed E-state index contributed by atoms with van der Waals surface area (Å²) in [6, 6.07) is 9.66. The number of carbonyl (C=O) groups excluding carboxylic acids is 1. The molecule has 6 heteroatoms. The number of oxazole rings is 1. The van der Waals surface area contributed by atoms with Gasteiger partial charge in [-0.3, -0.25) is 9.69 Å². The first-order valence-corrected chi connectivity index (χ1v) is 7.68. The van der Waals surface area contributed by atoms with Gasteiger partial charge in [0.2, 0.25) is 5.89 Å². The van der Waals surface area contributed by atoms with Gasteiger partial charge in [0.15, 0.2) is 0 Å². The van der Waals surface area contributed by atoms with Crippen LogP contribution in [-0.2, 0) is 0 Å². The molecule has 0 aliphatic carbocycles. The molecule has 0 saturated carbocycles. The number of likely N-dealkylation sites (N-methyl/N-ethyl adjacent to an activating group) is 1. The average Bonchev–Trinajstić information content (AvgIpc) is 3.06. The van der Waals surface area contributed by atoms with Gasteiger partial charge in [-0.1, -0.05) is 30.4 Å². The third kappa shape index (κ3) is 2.77. The first kappa shape index (κ1) is 14.0. The van der Waals surface area contributed by atoms with E-state index in [1.54, 1.807) is 17.2 Å². The zero-order valence-corrected chi connectivity index (χ0v) is 12.9. The molecular formula is C15H12N2O2S2. The van der Waals surface area contributed by atoms with Crippen LogP contribution in [0.15, 0.2) is 45.9 Å². The van der Waals surface area contributed by atoms with Crippen LogP contribution in [0.1, 0.15) is 12.7 Å². The maximum absolute atomic E-state index is 11.8. The second-order valence-corrected chi connectivity index (χ2v) is 5.74. The molecule has 2 heterocycles. The molecule has 1 aliphatic heterocycles. The van der Waals surface area contributed by atoms with E-state index in [-0.39, 0.29) is 5.24 Å². The van der Waals surface area contributed by atoms with Crippen LogP contribution < -0.4 is 0 Å². The lowest BCUT2D eigenvalue weighted by atomic mass is 10.2. The molecule has 1 aliphatic rings. The number of carbonyl (C=O) groups is 1. The third-order valence-corrected chi connectivity index (χ3v) is 4.50. The van der Waals surface area contributed by atoms with Gasteiger partial charge in [-0.25, -0.2) is 4.98 Å². The highest BCUT2D eigenvalue weighted by atomic mass is 32.2. The predicted octanol–water partition coefficient (Wildman–Crippen LogP) is 4.20. The number of hydrogen-bond acceptors (Lipinski definition) is 5. The largest absolute Gasteiger partial charge is 0.437 e. The molecule has 0 spiro atoms. The van der Waals surface area contributed by atoms with Gasteiger partial charge in [0.1, 0.15) is 10.7 Å². The van der Waals surface area contributed by atoms with Gasteiger partial charge in [-0.15, -0.1) is 0 Å². The normalized spacial score (nSPS) is 17.0. The molecular weight excluding hydrogens is 304 g/mol. The Balaban J connectivity index is 1.87. The Morgan fingerprint density at radius 3 is 2.81 bits per heavy atom. The van der Waals surface area contributed by atoms with Crippen LogP contribution in [-0.4, -0.2) is 26.7 Å². The summed E-state index contributed by atoms with van der Waals surface area (Å²) in [7, 11) is 0. The third-order valence-electron chi connectivity index (χ3n) is 3.01. The molecule has 0 N–H and O–H groups in total. The van der Waals surface area contributed by atoms with Crippen LogP contribution in [0.5, 0.6) is 0 Å². The maximum atomic E-state index is 11.8. The monoisotopic (exact) mass is 316 g/mol. The second kappa shape index (κ2) is 5.83. The Bertz CT molecular complexity index is 722. The molecule has 2 aromatic rings. The molecule has 21 heavy (non-hydrogen) atoms. The Morgan fingerprint density at radius 1 is 1.38 bits per heavy atom. The number of rotatable bonds is 3. The van der Waals surface area contributed by atoms with Gasteiger partial charge < -0.3 is 4.42 Å². The van der Waals surface area contributed by atoms with Crippen molar-refractivity contribution in [1.29, 1.82) is 0 Å². The summed E-state index contributed by atoms with van der Waals surface area (Å²) in [4.78, 5) is 18.9. The van der Waals surface area contributed by atoms with Gasteiger partial charge in [-0.2, -0.15) is 0 Å². The Kier molecular flexibility index (Phi) is 3.90. The SMILES string of the molecule is CCN1C(=O)S/C(=C\c2cnc(-c3ccccc3)o2)C1=S. The summed E-state index contributed by atoms with van der Waals surface area (Å²) in [5.41, 5.74) is 0.912. The van der Waals surface area contributed by atoms with Crippen LogP contribution in [0.3, 0.4) is 0 Å². The molecule has 0 unspecified atom stereocenters. The average molecular weight is 316 g/mol. The summed E-state index contributed by atoms with van der Waals surface area (Å²) in [6.07, 6.45) is 3.40. The van der Waals surface area contributed by atoms with Crippen molar-refractivity contribution in [3.05, 3.63) is 47.2 Å². The van der Waals surface area contributed by atoms with Crippen molar-refractivity contribution in [2.75, 3.05) is 6.54 Å². The lowest BCUT2D eigenvalue weighted by molar-refractivity contribution is 0.247. The minimum atomic E-state index is -0.0449. The van der Waals surface area contributed by atoms with Crippen LogP contribution in [0, 0.1) is 0 Å². The number of aromatic nitrogens is 1. The summed E-state index contributed by atoms with van der Waals surface area (Å²) >= 11 is 6.42. The highest BCUT2D eigenvalue weighted by molar-refractivity contribution is 8.19. The van der Waals surface area contributed by atoms with Crippen LogP contribution in [0.25, 0.3) is 17.5 Å². The van der Waals surface area contributed by atoms with Gasteiger partial charge >= 0.3 is 0 Å². The van der Waals surface area contributed by atoms with E-state index in [0.29, 0.717) is 23.2 Å². The second-order valence-electron chi connectivity index (χ2n) is 4.36. The number of thioether (sulfide) groups is 1. The van der Waals surface area contributed by atoms with Crippen molar-refractivity contribution in [3.8, 4) is 11.5 Å². The molecule has 1 amide bonds. The number of hydrogen-bond donors (Lipinski definition) is 0. The van der Waals surface area contributed by atoms with Gasteiger partial charge in [-0.05, 0) is 36.9 Å². The van der Waals surface area contributed by atoms with E-state index >= 15 is 0 Å². The first-order valence-electron chi connectivity index (χ1n) is 6.45. The molecule has 1 saturated heterocycles. The van der Waals surface area contributed by atoms with Crippen molar-refractivity contribution in [3.63, 3.8) is 0 Å². The molecule has 0 bridgehead atoms. The zero-order valence-electron chi connectivity index (χ0n) is 11.3. The van der Waals surface area contributed by atoms with Crippen molar-refractivity contribution >= 4 is 40.3 Å². The first-order chi connectivity index (χ1) is 10.2. The minimum Gasteiger partial charge on any atom is -0.437 e. The summed E-state index contributed by atoms with van der Waals surface area (Å²) in [6.45, 7) is 2.48. The lowest BCUT2D eigenvalue weighted by Crippen LogP contribution is -2.26. The molecule has 1 aromatic heterocycles. The van der Waals surface area contributed by atoms with E-state index in [1.165, 1.54) is 0 Å². The van der Waals surface area contributed by atoms with E-state index in [2.05, 4.69) is 4.98 Å².